The quantitative estimate of drug-likeness (QED) is 0.782. The van der Waals surface area contributed by atoms with E-state index in [-0.39, 0.29) is 18.8 Å². The predicted molar refractivity (Wildman–Crippen MR) is 75.3 cm³/mol. The summed E-state index contributed by atoms with van der Waals surface area (Å²) in [4.78, 5) is 5.59. The van der Waals surface area contributed by atoms with Crippen LogP contribution in [0.4, 0.5) is 0 Å². The van der Waals surface area contributed by atoms with Gasteiger partial charge in [0.05, 0.1) is 12.6 Å². The molecule has 2 aromatic carbocycles. The van der Waals surface area contributed by atoms with Gasteiger partial charge in [-0.25, -0.2) is 0 Å². The van der Waals surface area contributed by atoms with Crippen molar-refractivity contribution in [3.05, 3.63) is 71.8 Å². The van der Waals surface area contributed by atoms with Gasteiger partial charge in [-0.1, -0.05) is 60.7 Å². The highest BCUT2D eigenvalue weighted by atomic mass is 16.7. The monoisotopic (exact) mass is 257 g/mol. The van der Waals surface area contributed by atoms with Gasteiger partial charge in [-0.05, 0) is 18.1 Å². The van der Waals surface area contributed by atoms with Crippen molar-refractivity contribution in [2.75, 3.05) is 6.61 Å². The molecule has 100 valence electrons. The van der Waals surface area contributed by atoms with E-state index in [1.165, 1.54) is 0 Å². The van der Waals surface area contributed by atoms with Crippen LogP contribution in [0.1, 0.15) is 30.2 Å². The molecule has 0 amide bonds. The van der Waals surface area contributed by atoms with Gasteiger partial charge >= 0.3 is 0 Å². The Morgan fingerprint density at radius 3 is 2.00 bits per heavy atom. The second kappa shape index (κ2) is 7.04. The van der Waals surface area contributed by atoms with Gasteiger partial charge in [0.1, 0.15) is 6.10 Å². The SMILES string of the molecule is C[C@H](NO[C@H](CO)c1ccccc1)c1ccccc1. The maximum absolute atomic E-state index is 9.40. The lowest BCUT2D eigenvalue weighted by Gasteiger charge is -2.20. The fraction of sp³-hybridized carbons (Fsp3) is 0.250. The number of hydrogen-bond acceptors (Lipinski definition) is 3. The topological polar surface area (TPSA) is 41.5 Å². The van der Waals surface area contributed by atoms with Crippen molar-refractivity contribution in [2.24, 2.45) is 0 Å². The van der Waals surface area contributed by atoms with Crippen LogP contribution in [0.2, 0.25) is 0 Å². The van der Waals surface area contributed by atoms with Gasteiger partial charge in [-0.2, -0.15) is 5.48 Å². The Morgan fingerprint density at radius 2 is 1.47 bits per heavy atom. The zero-order chi connectivity index (χ0) is 13.5. The first kappa shape index (κ1) is 13.7. The van der Waals surface area contributed by atoms with Crippen LogP contribution in [0.3, 0.4) is 0 Å². The molecular formula is C16H19NO2. The van der Waals surface area contributed by atoms with E-state index in [0.29, 0.717) is 0 Å². The molecule has 0 saturated carbocycles. The number of nitrogens with one attached hydrogen (secondary N) is 1. The van der Waals surface area contributed by atoms with E-state index >= 15 is 0 Å². The fourth-order valence-corrected chi connectivity index (χ4v) is 1.87. The smallest absolute Gasteiger partial charge is 0.127 e. The Hall–Kier alpha value is -1.68. The number of rotatable bonds is 6. The Balaban J connectivity index is 1.94. The summed E-state index contributed by atoms with van der Waals surface area (Å²) in [6, 6.07) is 19.8. The highest BCUT2D eigenvalue weighted by Gasteiger charge is 2.13. The third-order valence-corrected chi connectivity index (χ3v) is 3.02. The van der Waals surface area contributed by atoms with E-state index < -0.39 is 0 Å². The summed E-state index contributed by atoms with van der Waals surface area (Å²) in [5, 5.41) is 9.40. The van der Waals surface area contributed by atoms with Crippen molar-refractivity contribution in [1.29, 1.82) is 0 Å². The van der Waals surface area contributed by atoms with Gasteiger partial charge in [0, 0.05) is 0 Å². The van der Waals surface area contributed by atoms with Crippen molar-refractivity contribution >= 4 is 0 Å². The summed E-state index contributed by atoms with van der Waals surface area (Å²) in [5.74, 6) is 0. The molecule has 3 nitrogen and oxygen atoms in total. The fourth-order valence-electron chi connectivity index (χ4n) is 1.87. The molecule has 0 heterocycles. The van der Waals surface area contributed by atoms with Crippen LogP contribution in [0, 0.1) is 0 Å². The highest BCUT2D eigenvalue weighted by Crippen LogP contribution is 2.18. The Bertz CT molecular complexity index is 473. The number of benzene rings is 2. The molecule has 0 spiro atoms. The third kappa shape index (κ3) is 3.89. The molecule has 19 heavy (non-hydrogen) atoms. The summed E-state index contributed by atoms with van der Waals surface area (Å²) in [7, 11) is 0. The third-order valence-electron chi connectivity index (χ3n) is 3.02. The minimum absolute atomic E-state index is 0.0570. The molecule has 2 rings (SSSR count). The largest absolute Gasteiger partial charge is 0.393 e. The predicted octanol–water partition coefficient (Wildman–Crippen LogP) is 3.00. The number of hydrogen-bond donors (Lipinski definition) is 2. The van der Waals surface area contributed by atoms with Crippen molar-refractivity contribution in [2.45, 2.75) is 19.1 Å². The zero-order valence-electron chi connectivity index (χ0n) is 11.0. The maximum Gasteiger partial charge on any atom is 0.127 e. The Kier molecular flexibility index (Phi) is 5.10. The molecule has 0 aromatic heterocycles. The van der Waals surface area contributed by atoms with Crippen LogP contribution in [0.25, 0.3) is 0 Å². The molecule has 0 aliphatic carbocycles. The normalized spacial score (nSPS) is 14.0. The van der Waals surface area contributed by atoms with Crippen molar-refractivity contribution in [1.82, 2.24) is 5.48 Å². The summed E-state index contributed by atoms with van der Waals surface area (Å²) < 4.78 is 0. The van der Waals surface area contributed by atoms with Crippen molar-refractivity contribution < 1.29 is 9.94 Å². The number of aliphatic hydroxyl groups excluding tert-OH is 1. The summed E-state index contributed by atoms with van der Waals surface area (Å²) >= 11 is 0. The van der Waals surface area contributed by atoms with Gasteiger partial charge < -0.3 is 5.11 Å². The number of hydroxylamine groups is 1. The first-order valence-electron chi connectivity index (χ1n) is 6.43. The highest BCUT2D eigenvalue weighted by molar-refractivity contribution is 5.19. The molecule has 0 fully saturated rings. The van der Waals surface area contributed by atoms with Gasteiger partial charge in [0.25, 0.3) is 0 Å². The maximum atomic E-state index is 9.40. The van der Waals surface area contributed by atoms with Crippen LogP contribution >= 0.6 is 0 Å². The van der Waals surface area contributed by atoms with Gasteiger partial charge in [-0.3, -0.25) is 4.84 Å². The first-order chi connectivity index (χ1) is 9.31. The molecule has 0 saturated heterocycles. The Morgan fingerprint density at radius 1 is 0.947 bits per heavy atom. The molecule has 2 atom stereocenters. The van der Waals surface area contributed by atoms with E-state index in [9.17, 15) is 5.11 Å². The van der Waals surface area contributed by atoms with Crippen LogP contribution in [0.5, 0.6) is 0 Å². The molecule has 0 aliphatic heterocycles. The average Bonchev–Trinajstić information content (AvgIpc) is 2.49. The lowest BCUT2D eigenvalue weighted by molar-refractivity contribution is -0.0668. The first-order valence-corrected chi connectivity index (χ1v) is 6.43. The van der Waals surface area contributed by atoms with Crippen molar-refractivity contribution in [3.8, 4) is 0 Å². The average molecular weight is 257 g/mol. The Labute approximate surface area is 113 Å². The van der Waals surface area contributed by atoms with Gasteiger partial charge in [0.15, 0.2) is 0 Å². The molecule has 2 N–H and O–H groups in total. The van der Waals surface area contributed by atoms with Crippen LogP contribution in [-0.4, -0.2) is 11.7 Å². The summed E-state index contributed by atoms with van der Waals surface area (Å²) in [5.41, 5.74) is 5.09. The minimum atomic E-state index is -0.354. The molecule has 0 aliphatic rings. The lowest BCUT2D eigenvalue weighted by Crippen LogP contribution is -2.24. The molecule has 0 radical (unpaired) electrons. The van der Waals surface area contributed by atoms with E-state index in [0.717, 1.165) is 11.1 Å². The second-order valence-electron chi connectivity index (χ2n) is 4.45. The van der Waals surface area contributed by atoms with Gasteiger partial charge in [-0.15, -0.1) is 0 Å². The molecule has 0 bridgehead atoms. The number of aliphatic hydroxyl groups is 1. The molecule has 3 heteroatoms. The van der Waals surface area contributed by atoms with E-state index in [1.54, 1.807) is 0 Å². The lowest BCUT2D eigenvalue weighted by atomic mass is 10.1. The second-order valence-corrected chi connectivity index (χ2v) is 4.45. The van der Waals surface area contributed by atoms with E-state index in [4.69, 9.17) is 4.84 Å². The summed E-state index contributed by atoms with van der Waals surface area (Å²) in [6.07, 6.45) is -0.354. The summed E-state index contributed by atoms with van der Waals surface area (Å²) in [6.45, 7) is 1.97. The molecular weight excluding hydrogens is 238 g/mol. The zero-order valence-corrected chi connectivity index (χ0v) is 11.0. The van der Waals surface area contributed by atoms with Crippen LogP contribution < -0.4 is 5.48 Å². The minimum Gasteiger partial charge on any atom is -0.393 e. The molecule has 2 aromatic rings. The standard InChI is InChI=1S/C16H19NO2/c1-13(14-8-4-2-5-9-14)17-19-16(12-18)15-10-6-3-7-11-15/h2-11,13,16-18H,12H2,1H3/t13-,16+/m0/s1. The van der Waals surface area contributed by atoms with E-state index in [1.807, 2.05) is 67.6 Å². The van der Waals surface area contributed by atoms with Crippen LogP contribution in [0.15, 0.2) is 60.7 Å². The van der Waals surface area contributed by atoms with Crippen molar-refractivity contribution in [3.63, 3.8) is 0 Å². The van der Waals surface area contributed by atoms with Gasteiger partial charge in [0.2, 0.25) is 0 Å². The molecule has 0 unspecified atom stereocenters. The van der Waals surface area contributed by atoms with Crippen LogP contribution in [-0.2, 0) is 4.84 Å². The van der Waals surface area contributed by atoms with E-state index in [2.05, 4.69) is 5.48 Å².